The zero-order valence-corrected chi connectivity index (χ0v) is 5.88. The molecule has 1 heteroatoms. The van der Waals surface area contributed by atoms with Gasteiger partial charge < -0.3 is 5.11 Å². The first-order valence-electron chi connectivity index (χ1n) is 3.69. The second kappa shape index (κ2) is 3.02. The van der Waals surface area contributed by atoms with Crippen molar-refractivity contribution in [2.45, 2.75) is 32.3 Å². The molecule has 0 saturated heterocycles. The summed E-state index contributed by atoms with van der Waals surface area (Å²) in [5.74, 6) is 0.730. The van der Waals surface area contributed by atoms with Crippen LogP contribution < -0.4 is 0 Å². The summed E-state index contributed by atoms with van der Waals surface area (Å²) < 4.78 is 0. The number of rotatable bonds is 1. The minimum atomic E-state index is -0.159. The third-order valence-electron chi connectivity index (χ3n) is 1.96. The lowest BCUT2D eigenvalue weighted by atomic mass is 9.92. The van der Waals surface area contributed by atoms with E-state index >= 15 is 0 Å². The van der Waals surface area contributed by atoms with E-state index in [1.165, 1.54) is 6.42 Å². The molecule has 2 atom stereocenters. The van der Waals surface area contributed by atoms with Crippen LogP contribution in [0.4, 0.5) is 0 Å². The summed E-state index contributed by atoms with van der Waals surface area (Å²) in [7, 11) is 0. The predicted octanol–water partition coefficient (Wildman–Crippen LogP) is 1.72. The van der Waals surface area contributed by atoms with Crippen molar-refractivity contribution in [1.82, 2.24) is 0 Å². The first-order chi connectivity index (χ1) is 4.33. The maximum Gasteiger partial charge on any atom is 0.0721 e. The number of aliphatic hydroxyl groups is 1. The lowest BCUT2D eigenvalue weighted by molar-refractivity contribution is 0.194. The van der Waals surface area contributed by atoms with Gasteiger partial charge in [0, 0.05) is 0 Å². The summed E-state index contributed by atoms with van der Waals surface area (Å²) >= 11 is 0. The van der Waals surface area contributed by atoms with Crippen molar-refractivity contribution >= 4 is 0 Å². The highest BCUT2D eigenvalue weighted by Gasteiger charge is 2.10. The van der Waals surface area contributed by atoms with Crippen LogP contribution in [0.3, 0.4) is 0 Å². The van der Waals surface area contributed by atoms with Gasteiger partial charge in [-0.2, -0.15) is 0 Å². The monoisotopic (exact) mass is 126 g/mol. The molecule has 0 unspecified atom stereocenters. The van der Waals surface area contributed by atoms with Crippen molar-refractivity contribution in [2.75, 3.05) is 0 Å². The van der Waals surface area contributed by atoms with Gasteiger partial charge in [-0.05, 0) is 25.2 Å². The number of hydrogen-bond donors (Lipinski definition) is 1. The van der Waals surface area contributed by atoms with E-state index in [0.29, 0.717) is 0 Å². The van der Waals surface area contributed by atoms with Crippen molar-refractivity contribution in [3.8, 4) is 0 Å². The quantitative estimate of drug-likeness (QED) is 0.530. The van der Waals surface area contributed by atoms with E-state index in [2.05, 4.69) is 13.0 Å². The van der Waals surface area contributed by atoms with E-state index < -0.39 is 0 Å². The molecule has 0 aromatic carbocycles. The standard InChI is InChI=1S/C8H14O/c1-2-7-3-5-8(9)6-4-7/h3,5,7-9H,2,4,6H2,1H3/t7-,8-/m1/s1. The Morgan fingerprint density at radius 3 is 2.67 bits per heavy atom. The zero-order chi connectivity index (χ0) is 6.69. The van der Waals surface area contributed by atoms with Crippen LogP contribution in [-0.2, 0) is 0 Å². The Labute approximate surface area is 56.4 Å². The number of allylic oxidation sites excluding steroid dienone is 1. The molecule has 52 valence electrons. The SMILES string of the molecule is CC[C@@H]1C=C[C@@H](O)CC1. The first-order valence-corrected chi connectivity index (χ1v) is 3.69. The second-order valence-electron chi connectivity index (χ2n) is 2.70. The lowest BCUT2D eigenvalue weighted by Gasteiger charge is -2.17. The van der Waals surface area contributed by atoms with Crippen LogP contribution in [-0.4, -0.2) is 11.2 Å². The fraction of sp³-hybridized carbons (Fsp3) is 0.750. The van der Waals surface area contributed by atoms with Gasteiger partial charge in [0.25, 0.3) is 0 Å². The van der Waals surface area contributed by atoms with Gasteiger partial charge in [0.05, 0.1) is 6.10 Å². The van der Waals surface area contributed by atoms with Gasteiger partial charge in [-0.25, -0.2) is 0 Å². The Bertz CT molecular complexity index is 107. The second-order valence-corrected chi connectivity index (χ2v) is 2.70. The Balaban J connectivity index is 2.38. The largest absolute Gasteiger partial charge is 0.389 e. The van der Waals surface area contributed by atoms with Crippen molar-refractivity contribution < 1.29 is 5.11 Å². The van der Waals surface area contributed by atoms with Crippen LogP contribution in [0.25, 0.3) is 0 Å². The van der Waals surface area contributed by atoms with Gasteiger partial charge in [0.2, 0.25) is 0 Å². The average molecular weight is 126 g/mol. The summed E-state index contributed by atoms with van der Waals surface area (Å²) in [5.41, 5.74) is 0. The molecule has 0 fully saturated rings. The third kappa shape index (κ3) is 1.83. The fourth-order valence-electron chi connectivity index (χ4n) is 1.20. The topological polar surface area (TPSA) is 20.2 Å². The maximum absolute atomic E-state index is 9.04. The van der Waals surface area contributed by atoms with E-state index in [4.69, 9.17) is 5.11 Å². The molecule has 0 aliphatic heterocycles. The predicted molar refractivity (Wildman–Crippen MR) is 38.2 cm³/mol. The maximum atomic E-state index is 9.04. The van der Waals surface area contributed by atoms with E-state index in [1.54, 1.807) is 0 Å². The van der Waals surface area contributed by atoms with Crippen LogP contribution in [0, 0.1) is 5.92 Å². The summed E-state index contributed by atoms with van der Waals surface area (Å²) in [4.78, 5) is 0. The van der Waals surface area contributed by atoms with Crippen molar-refractivity contribution in [3.63, 3.8) is 0 Å². The molecular weight excluding hydrogens is 112 g/mol. The molecule has 1 rings (SSSR count). The van der Waals surface area contributed by atoms with Crippen molar-refractivity contribution in [3.05, 3.63) is 12.2 Å². The van der Waals surface area contributed by atoms with Gasteiger partial charge >= 0.3 is 0 Å². The summed E-state index contributed by atoms with van der Waals surface area (Å²) in [6.45, 7) is 2.19. The van der Waals surface area contributed by atoms with Crippen molar-refractivity contribution in [2.24, 2.45) is 5.92 Å². The molecule has 0 bridgehead atoms. The van der Waals surface area contributed by atoms with E-state index in [1.807, 2.05) is 6.08 Å². The molecule has 0 aromatic rings. The molecule has 0 saturated carbocycles. The summed E-state index contributed by atoms with van der Waals surface area (Å²) in [6, 6.07) is 0. The van der Waals surface area contributed by atoms with Gasteiger partial charge in [-0.3, -0.25) is 0 Å². The fourth-order valence-corrected chi connectivity index (χ4v) is 1.20. The van der Waals surface area contributed by atoms with Gasteiger partial charge in [0.1, 0.15) is 0 Å². The highest BCUT2D eigenvalue weighted by atomic mass is 16.3. The molecule has 9 heavy (non-hydrogen) atoms. The van der Waals surface area contributed by atoms with Crippen LogP contribution in [0.2, 0.25) is 0 Å². The van der Waals surface area contributed by atoms with E-state index in [0.717, 1.165) is 18.8 Å². The Morgan fingerprint density at radius 2 is 2.22 bits per heavy atom. The average Bonchev–Trinajstić information content (AvgIpc) is 1.90. The summed E-state index contributed by atoms with van der Waals surface area (Å²) in [6.07, 6.45) is 7.21. The molecule has 0 heterocycles. The third-order valence-corrected chi connectivity index (χ3v) is 1.96. The smallest absolute Gasteiger partial charge is 0.0721 e. The summed E-state index contributed by atoms with van der Waals surface area (Å²) in [5, 5.41) is 9.04. The lowest BCUT2D eigenvalue weighted by Crippen LogP contribution is -2.11. The highest BCUT2D eigenvalue weighted by molar-refractivity contribution is 4.97. The molecule has 0 aromatic heterocycles. The molecule has 0 spiro atoms. The molecule has 0 amide bonds. The Morgan fingerprint density at radius 1 is 1.44 bits per heavy atom. The molecule has 1 N–H and O–H groups in total. The Hall–Kier alpha value is -0.300. The van der Waals surface area contributed by atoms with Crippen LogP contribution in [0.1, 0.15) is 26.2 Å². The van der Waals surface area contributed by atoms with Crippen molar-refractivity contribution in [1.29, 1.82) is 0 Å². The minimum absolute atomic E-state index is 0.159. The van der Waals surface area contributed by atoms with Crippen LogP contribution in [0.5, 0.6) is 0 Å². The molecule has 1 aliphatic carbocycles. The zero-order valence-electron chi connectivity index (χ0n) is 5.88. The van der Waals surface area contributed by atoms with Crippen LogP contribution in [0.15, 0.2) is 12.2 Å². The van der Waals surface area contributed by atoms with E-state index in [9.17, 15) is 0 Å². The minimum Gasteiger partial charge on any atom is -0.389 e. The molecule has 1 aliphatic rings. The number of hydrogen-bond acceptors (Lipinski definition) is 1. The van der Waals surface area contributed by atoms with Crippen LogP contribution >= 0.6 is 0 Å². The number of aliphatic hydroxyl groups excluding tert-OH is 1. The normalized spacial score (nSPS) is 34.9. The highest BCUT2D eigenvalue weighted by Crippen LogP contribution is 2.19. The first kappa shape index (κ1) is 6.81. The molecule has 1 nitrogen and oxygen atoms in total. The Kier molecular flexibility index (Phi) is 2.29. The van der Waals surface area contributed by atoms with E-state index in [-0.39, 0.29) is 6.10 Å². The molecular formula is C8H14O. The molecule has 0 radical (unpaired) electrons. The van der Waals surface area contributed by atoms with Gasteiger partial charge in [-0.1, -0.05) is 19.1 Å². The van der Waals surface area contributed by atoms with Gasteiger partial charge in [-0.15, -0.1) is 0 Å². The van der Waals surface area contributed by atoms with Gasteiger partial charge in [0.15, 0.2) is 0 Å².